The van der Waals surface area contributed by atoms with Crippen molar-refractivity contribution in [2.45, 2.75) is 19.7 Å². The van der Waals surface area contributed by atoms with E-state index in [-0.39, 0.29) is 18.7 Å². The highest BCUT2D eigenvalue weighted by atomic mass is 19.1. The fourth-order valence-corrected chi connectivity index (χ4v) is 4.28. The number of ether oxygens (including phenoxy) is 1. The smallest absolute Gasteiger partial charge is 0.302 e. The Bertz CT molecular complexity index is 1380. The fraction of sp³-hybridized carbons (Fsp3) is 0.148. The summed E-state index contributed by atoms with van der Waals surface area (Å²) >= 11 is 0. The van der Waals surface area contributed by atoms with Crippen LogP contribution in [0.1, 0.15) is 24.2 Å². The molecule has 8 heteroatoms. The topological polar surface area (TPSA) is 84.6 Å². The van der Waals surface area contributed by atoms with Gasteiger partial charge >= 0.3 is 5.97 Å². The molecule has 0 amide bonds. The molecule has 7 nitrogen and oxygen atoms in total. The van der Waals surface area contributed by atoms with E-state index >= 15 is 0 Å². The molecule has 35 heavy (non-hydrogen) atoms. The van der Waals surface area contributed by atoms with Gasteiger partial charge in [0.15, 0.2) is 5.82 Å². The molecule has 1 aliphatic rings. The van der Waals surface area contributed by atoms with E-state index in [1.807, 2.05) is 67.7 Å². The summed E-state index contributed by atoms with van der Waals surface area (Å²) in [6.45, 7) is 1.60. The third kappa shape index (κ3) is 4.26. The van der Waals surface area contributed by atoms with E-state index in [4.69, 9.17) is 15.5 Å². The van der Waals surface area contributed by atoms with Gasteiger partial charge < -0.3 is 15.4 Å². The number of carbonyl (C=O) groups excluding carboxylic acids is 1. The number of hydrogen-bond acceptors (Lipinski definition) is 7. The van der Waals surface area contributed by atoms with Gasteiger partial charge in [-0.25, -0.2) is 9.37 Å². The van der Waals surface area contributed by atoms with Crippen LogP contribution in [0.25, 0.3) is 11.4 Å². The van der Waals surface area contributed by atoms with Gasteiger partial charge in [-0.15, -0.1) is 0 Å². The number of para-hydroxylation sites is 1. The number of anilines is 4. The number of pyridine rings is 2. The van der Waals surface area contributed by atoms with Crippen LogP contribution >= 0.6 is 0 Å². The molecule has 3 heterocycles. The van der Waals surface area contributed by atoms with Crippen molar-refractivity contribution in [3.63, 3.8) is 0 Å². The number of esters is 1. The van der Waals surface area contributed by atoms with E-state index in [2.05, 4.69) is 14.8 Å². The number of rotatable bonds is 5. The Hall–Kier alpha value is -4.46. The Balaban J connectivity index is 1.61. The molecule has 2 aromatic carbocycles. The number of halogens is 1. The predicted molar refractivity (Wildman–Crippen MR) is 133 cm³/mol. The first kappa shape index (κ1) is 22.3. The Morgan fingerprint density at radius 2 is 1.77 bits per heavy atom. The molecular formula is C27H24FN5O2. The van der Waals surface area contributed by atoms with Crippen LogP contribution < -0.4 is 15.5 Å². The zero-order valence-electron chi connectivity index (χ0n) is 19.4. The molecule has 1 unspecified atom stereocenters. The first-order chi connectivity index (χ1) is 16.9. The van der Waals surface area contributed by atoms with Crippen molar-refractivity contribution < 1.29 is 13.9 Å². The van der Waals surface area contributed by atoms with Gasteiger partial charge in [0.05, 0.1) is 23.3 Å². The standard InChI is InChI=1S/C27H24FN5O2/c1-17(34)35-16-18-7-10-20(11-8-18)33-26-25(32(2)27(33)21-5-3-4-6-22(21)29)14-13-24(31-26)23-12-9-19(28)15-30-23/h3-15,27H,16,29H2,1-2H3. The number of nitrogen functional groups attached to an aromatic ring is 1. The minimum Gasteiger partial charge on any atom is -0.461 e. The van der Waals surface area contributed by atoms with Crippen LogP contribution in [0, 0.1) is 5.82 Å². The summed E-state index contributed by atoms with van der Waals surface area (Å²) in [7, 11) is 2.00. The molecule has 0 spiro atoms. The molecule has 0 saturated heterocycles. The zero-order chi connectivity index (χ0) is 24.5. The maximum absolute atomic E-state index is 13.4. The van der Waals surface area contributed by atoms with E-state index in [0.29, 0.717) is 17.1 Å². The number of fused-ring (bicyclic) bond motifs is 1. The Kier molecular flexibility index (Phi) is 5.78. The first-order valence-corrected chi connectivity index (χ1v) is 11.1. The van der Waals surface area contributed by atoms with Crippen molar-refractivity contribution in [2.75, 3.05) is 22.6 Å². The highest BCUT2D eigenvalue weighted by Gasteiger charge is 2.38. The lowest BCUT2D eigenvalue weighted by Gasteiger charge is -2.31. The minimum absolute atomic E-state index is 0.208. The van der Waals surface area contributed by atoms with Crippen molar-refractivity contribution in [1.82, 2.24) is 9.97 Å². The van der Waals surface area contributed by atoms with Crippen LogP contribution in [0.3, 0.4) is 0 Å². The second kappa shape index (κ2) is 9.06. The van der Waals surface area contributed by atoms with E-state index in [1.54, 1.807) is 6.07 Å². The molecule has 176 valence electrons. The van der Waals surface area contributed by atoms with Crippen LogP contribution in [0.15, 0.2) is 79.0 Å². The summed E-state index contributed by atoms with van der Waals surface area (Å²) in [6, 6.07) is 22.4. The molecule has 0 radical (unpaired) electrons. The summed E-state index contributed by atoms with van der Waals surface area (Å²) in [5.41, 5.74) is 11.9. The highest BCUT2D eigenvalue weighted by Crippen LogP contribution is 2.49. The van der Waals surface area contributed by atoms with Gasteiger partial charge in [0.2, 0.25) is 0 Å². The highest BCUT2D eigenvalue weighted by molar-refractivity contribution is 5.84. The van der Waals surface area contributed by atoms with Crippen LogP contribution in [0.4, 0.5) is 27.3 Å². The third-order valence-corrected chi connectivity index (χ3v) is 5.99. The van der Waals surface area contributed by atoms with Gasteiger partial charge in [-0.1, -0.05) is 30.3 Å². The third-order valence-electron chi connectivity index (χ3n) is 5.99. The van der Waals surface area contributed by atoms with E-state index in [9.17, 15) is 9.18 Å². The Labute approximate surface area is 202 Å². The van der Waals surface area contributed by atoms with Gasteiger partial charge in [-0.05, 0) is 48.0 Å². The average Bonchev–Trinajstić information content (AvgIpc) is 3.15. The molecule has 0 fully saturated rings. The van der Waals surface area contributed by atoms with Crippen molar-refractivity contribution in [1.29, 1.82) is 0 Å². The number of hydrogen-bond donors (Lipinski definition) is 1. The number of carbonyl (C=O) groups is 1. The molecule has 1 atom stereocenters. The molecular weight excluding hydrogens is 445 g/mol. The van der Waals surface area contributed by atoms with E-state index in [1.165, 1.54) is 19.2 Å². The Morgan fingerprint density at radius 3 is 2.46 bits per heavy atom. The van der Waals surface area contributed by atoms with Crippen LogP contribution in [0.2, 0.25) is 0 Å². The zero-order valence-corrected chi connectivity index (χ0v) is 19.4. The van der Waals surface area contributed by atoms with Gasteiger partial charge in [-0.2, -0.15) is 0 Å². The second-order valence-electron chi connectivity index (χ2n) is 8.33. The summed E-state index contributed by atoms with van der Waals surface area (Å²) in [6.07, 6.45) is 0.943. The molecule has 0 saturated carbocycles. The first-order valence-electron chi connectivity index (χ1n) is 11.1. The van der Waals surface area contributed by atoms with Crippen LogP contribution in [0.5, 0.6) is 0 Å². The monoisotopic (exact) mass is 469 g/mol. The van der Waals surface area contributed by atoms with Crippen molar-refractivity contribution in [3.8, 4) is 11.4 Å². The van der Waals surface area contributed by atoms with Crippen LogP contribution in [-0.2, 0) is 16.1 Å². The SMILES string of the molecule is CC(=O)OCc1ccc(N2c3nc(-c4ccc(F)cn4)ccc3N(C)C2c2ccccc2N)cc1. The van der Waals surface area contributed by atoms with Gasteiger partial charge in [0, 0.05) is 30.9 Å². The maximum Gasteiger partial charge on any atom is 0.302 e. The molecule has 1 aliphatic heterocycles. The van der Waals surface area contributed by atoms with Crippen molar-refractivity contribution >= 4 is 28.8 Å². The van der Waals surface area contributed by atoms with E-state index in [0.717, 1.165) is 28.3 Å². The second-order valence-corrected chi connectivity index (χ2v) is 8.33. The van der Waals surface area contributed by atoms with Gasteiger partial charge in [0.1, 0.15) is 18.6 Å². The number of benzene rings is 2. The Morgan fingerprint density at radius 1 is 1.03 bits per heavy atom. The lowest BCUT2D eigenvalue weighted by atomic mass is 10.1. The summed E-state index contributed by atoms with van der Waals surface area (Å²) in [4.78, 5) is 24.6. The molecule has 2 aromatic heterocycles. The lowest BCUT2D eigenvalue weighted by molar-refractivity contribution is -0.142. The summed E-state index contributed by atoms with van der Waals surface area (Å²) in [5, 5.41) is 0. The molecule has 2 N–H and O–H groups in total. The van der Waals surface area contributed by atoms with Gasteiger partial charge in [0.25, 0.3) is 0 Å². The number of nitrogens with two attached hydrogens (primary N) is 1. The minimum atomic E-state index is -0.398. The molecule has 0 aliphatic carbocycles. The quantitative estimate of drug-likeness (QED) is 0.317. The average molecular weight is 470 g/mol. The lowest BCUT2D eigenvalue weighted by Crippen LogP contribution is -2.31. The molecule has 0 bridgehead atoms. The normalized spacial score (nSPS) is 14.7. The predicted octanol–water partition coefficient (Wildman–Crippen LogP) is 5.21. The van der Waals surface area contributed by atoms with Gasteiger partial charge in [-0.3, -0.25) is 14.7 Å². The molecule has 4 aromatic rings. The number of aromatic nitrogens is 2. The summed E-state index contributed by atoms with van der Waals surface area (Å²) in [5.74, 6) is 0.0109. The van der Waals surface area contributed by atoms with Crippen molar-refractivity contribution in [3.05, 3.63) is 95.9 Å². The number of nitrogens with zero attached hydrogens (tertiary/aromatic N) is 4. The largest absolute Gasteiger partial charge is 0.461 e. The summed E-state index contributed by atoms with van der Waals surface area (Å²) < 4.78 is 18.6. The fourth-order valence-electron chi connectivity index (χ4n) is 4.28. The van der Waals surface area contributed by atoms with Crippen LogP contribution in [-0.4, -0.2) is 23.0 Å². The molecule has 5 rings (SSSR count). The van der Waals surface area contributed by atoms with Crippen molar-refractivity contribution in [2.24, 2.45) is 0 Å². The van der Waals surface area contributed by atoms with E-state index < -0.39 is 5.82 Å². The maximum atomic E-state index is 13.4.